The molecule has 0 aromatic heterocycles. The lowest BCUT2D eigenvalue weighted by Gasteiger charge is -2.38. The van der Waals surface area contributed by atoms with Crippen LogP contribution < -0.4 is 0 Å². The fraction of sp³-hybridized carbons (Fsp3) is 1.00. The minimum absolute atomic E-state index is 0.440. The number of ether oxygens (including phenoxy) is 2. The van der Waals surface area contributed by atoms with E-state index in [1.165, 1.54) is 7.11 Å². The van der Waals surface area contributed by atoms with Gasteiger partial charge in [0, 0.05) is 7.11 Å². The first-order valence-electron chi connectivity index (χ1n) is 3.95. The van der Waals surface area contributed by atoms with Gasteiger partial charge >= 0.3 is 0 Å². The molecule has 0 aromatic rings. The van der Waals surface area contributed by atoms with Crippen molar-refractivity contribution in [2.45, 2.75) is 30.7 Å². The number of aliphatic hydroxyl groups excluding tert-OH is 4. The van der Waals surface area contributed by atoms with Crippen molar-refractivity contribution in [3.05, 3.63) is 0 Å². The molecule has 1 aliphatic heterocycles. The summed E-state index contributed by atoms with van der Waals surface area (Å²) < 4.78 is 9.65. The Balaban J connectivity index is 2.66. The lowest BCUT2D eigenvalue weighted by atomic mass is 9.99. The molecule has 4 N–H and O–H groups in total. The lowest BCUT2D eigenvalue weighted by Crippen LogP contribution is -2.58. The molecule has 1 rings (SSSR count). The van der Waals surface area contributed by atoms with Crippen molar-refractivity contribution in [3.8, 4) is 0 Å². The van der Waals surface area contributed by atoms with E-state index >= 15 is 0 Å². The van der Waals surface area contributed by atoms with Gasteiger partial charge < -0.3 is 29.9 Å². The fourth-order valence-electron chi connectivity index (χ4n) is 1.26. The molecular weight excluding hydrogens is 180 g/mol. The molecule has 6 nitrogen and oxygen atoms in total. The SMILES string of the molecule is COC1OC(CO)[C@@H](O)[C@H](O)C1O. The summed E-state index contributed by atoms with van der Waals surface area (Å²) in [7, 11) is 1.30. The van der Waals surface area contributed by atoms with Gasteiger partial charge in [0.25, 0.3) is 0 Å². The smallest absolute Gasteiger partial charge is 0.186 e. The molecule has 0 aliphatic carbocycles. The highest BCUT2D eigenvalue weighted by Gasteiger charge is 2.43. The van der Waals surface area contributed by atoms with Crippen molar-refractivity contribution in [3.63, 3.8) is 0 Å². The van der Waals surface area contributed by atoms with Crippen LogP contribution in [-0.4, -0.2) is 64.8 Å². The standard InChI is InChI=1S/C7H14O6/c1-12-7-6(11)5(10)4(9)3(2-8)13-7/h3-11H,2H2,1H3/t3?,4-,5+,6?,7?/m1/s1. The minimum atomic E-state index is -1.36. The zero-order valence-corrected chi connectivity index (χ0v) is 7.20. The molecule has 1 saturated heterocycles. The summed E-state index contributed by atoms with van der Waals surface area (Å²) in [5.41, 5.74) is 0. The summed E-state index contributed by atoms with van der Waals surface area (Å²) >= 11 is 0. The summed E-state index contributed by atoms with van der Waals surface area (Å²) in [6.07, 6.45) is -5.91. The van der Waals surface area contributed by atoms with Crippen LogP contribution in [0.2, 0.25) is 0 Å². The summed E-state index contributed by atoms with van der Waals surface area (Å²) in [5, 5.41) is 36.6. The third-order valence-electron chi connectivity index (χ3n) is 2.08. The van der Waals surface area contributed by atoms with Crippen LogP contribution in [0, 0.1) is 0 Å². The highest BCUT2D eigenvalue weighted by molar-refractivity contribution is 4.88. The van der Waals surface area contributed by atoms with Gasteiger partial charge in [0.1, 0.15) is 24.4 Å². The summed E-state index contributed by atoms with van der Waals surface area (Å²) in [4.78, 5) is 0. The topological polar surface area (TPSA) is 99.4 Å². The van der Waals surface area contributed by atoms with E-state index in [0.29, 0.717) is 0 Å². The highest BCUT2D eigenvalue weighted by Crippen LogP contribution is 2.20. The van der Waals surface area contributed by atoms with Gasteiger partial charge in [0.05, 0.1) is 6.61 Å². The Morgan fingerprint density at radius 2 is 1.77 bits per heavy atom. The van der Waals surface area contributed by atoms with Crippen LogP contribution in [0.4, 0.5) is 0 Å². The second kappa shape index (κ2) is 4.32. The zero-order valence-electron chi connectivity index (χ0n) is 7.20. The second-order valence-corrected chi connectivity index (χ2v) is 2.93. The van der Waals surface area contributed by atoms with Gasteiger partial charge in [0.15, 0.2) is 6.29 Å². The van der Waals surface area contributed by atoms with E-state index < -0.39 is 37.3 Å². The Bertz CT molecular complexity index is 143. The summed E-state index contributed by atoms with van der Waals surface area (Å²) in [6.45, 7) is -0.440. The van der Waals surface area contributed by atoms with Gasteiger partial charge in [-0.25, -0.2) is 0 Å². The lowest BCUT2D eigenvalue weighted by molar-refractivity contribution is -0.294. The van der Waals surface area contributed by atoms with Crippen molar-refractivity contribution in [1.29, 1.82) is 0 Å². The molecule has 6 heteroatoms. The second-order valence-electron chi connectivity index (χ2n) is 2.93. The van der Waals surface area contributed by atoms with Crippen LogP contribution in [0.25, 0.3) is 0 Å². The van der Waals surface area contributed by atoms with Gasteiger partial charge in [0.2, 0.25) is 0 Å². The van der Waals surface area contributed by atoms with Crippen molar-refractivity contribution in [2.75, 3.05) is 13.7 Å². The van der Waals surface area contributed by atoms with E-state index in [2.05, 4.69) is 0 Å². The largest absolute Gasteiger partial charge is 0.394 e. The van der Waals surface area contributed by atoms with Gasteiger partial charge in [-0.15, -0.1) is 0 Å². The molecular formula is C7H14O6. The van der Waals surface area contributed by atoms with E-state index in [0.717, 1.165) is 0 Å². The van der Waals surface area contributed by atoms with E-state index in [1.807, 2.05) is 0 Å². The quantitative estimate of drug-likeness (QED) is 0.386. The summed E-state index contributed by atoms with van der Waals surface area (Å²) in [5.74, 6) is 0. The monoisotopic (exact) mass is 194 g/mol. The molecule has 0 aromatic carbocycles. The van der Waals surface area contributed by atoms with Crippen molar-refractivity contribution in [1.82, 2.24) is 0 Å². The van der Waals surface area contributed by atoms with Crippen LogP contribution >= 0.6 is 0 Å². The maximum absolute atomic E-state index is 9.28. The molecule has 13 heavy (non-hydrogen) atoms. The van der Waals surface area contributed by atoms with Gasteiger partial charge in [-0.05, 0) is 0 Å². The Morgan fingerprint density at radius 1 is 1.15 bits per heavy atom. The third-order valence-corrected chi connectivity index (χ3v) is 2.08. The van der Waals surface area contributed by atoms with Gasteiger partial charge in [-0.3, -0.25) is 0 Å². The van der Waals surface area contributed by atoms with E-state index in [9.17, 15) is 15.3 Å². The average molecular weight is 194 g/mol. The van der Waals surface area contributed by atoms with Crippen LogP contribution in [0.15, 0.2) is 0 Å². The average Bonchev–Trinajstić information content (AvgIpc) is 2.15. The predicted molar refractivity (Wildman–Crippen MR) is 40.8 cm³/mol. The van der Waals surface area contributed by atoms with E-state index in [1.54, 1.807) is 0 Å². The molecule has 5 atom stereocenters. The molecule has 0 amide bonds. The molecule has 0 bridgehead atoms. The normalized spacial score (nSPS) is 46.4. The molecule has 0 radical (unpaired) electrons. The Morgan fingerprint density at radius 3 is 2.23 bits per heavy atom. The molecule has 1 fully saturated rings. The molecule has 0 saturated carbocycles. The Kier molecular flexibility index (Phi) is 3.60. The number of hydrogen-bond donors (Lipinski definition) is 4. The molecule has 0 spiro atoms. The molecule has 3 unspecified atom stereocenters. The predicted octanol–water partition coefficient (Wildman–Crippen LogP) is -2.57. The van der Waals surface area contributed by atoms with Gasteiger partial charge in [-0.1, -0.05) is 0 Å². The van der Waals surface area contributed by atoms with Crippen molar-refractivity contribution in [2.24, 2.45) is 0 Å². The van der Waals surface area contributed by atoms with Crippen molar-refractivity contribution < 1.29 is 29.9 Å². The maximum atomic E-state index is 9.28. The van der Waals surface area contributed by atoms with Crippen LogP contribution in [0.3, 0.4) is 0 Å². The van der Waals surface area contributed by atoms with Crippen LogP contribution in [-0.2, 0) is 9.47 Å². The fourth-order valence-corrected chi connectivity index (χ4v) is 1.26. The highest BCUT2D eigenvalue weighted by atomic mass is 16.7. The number of methoxy groups -OCH3 is 1. The first-order valence-corrected chi connectivity index (χ1v) is 3.95. The molecule has 78 valence electrons. The third kappa shape index (κ3) is 1.98. The zero-order chi connectivity index (χ0) is 10.0. The van der Waals surface area contributed by atoms with Gasteiger partial charge in [-0.2, -0.15) is 0 Å². The van der Waals surface area contributed by atoms with Crippen LogP contribution in [0.1, 0.15) is 0 Å². The summed E-state index contributed by atoms with van der Waals surface area (Å²) in [6, 6.07) is 0. The number of aliphatic hydroxyl groups is 4. The molecule has 1 aliphatic rings. The first kappa shape index (κ1) is 10.8. The number of rotatable bonds is 2. The minimum Gasteiger partial charge on any atom is -0.394 e. The number of hydrogen-bond acceptors (Lipinski definition) is 6. The maximum Gasteiger partial charge on any atom is 0.186 e. The first-order chi connectivity index (χ1) is 6.11. The van der Waals surface area contributed by atoms with Crippen LogP contribution in [0.5, 0.6) is 0 Å². The van der Waals surface area contributed by atoms with Crippen molar-refractivity contribution >= 4 is 0 Å². The Hall–Kier alpha value is -0.240. The Labute approximate surface area is 75.3 Å². The van der Waals surface area contributed by atoms with E-state index in [4.69, 9.17) is 14.6 Å². The molecule has 1 heterocycles. The van der Waals surface area contributed by atoms with E-state index in [-0.39, 0.29) is 0 Å².